The van der Waals surface area contributed by atoms with E-state index in [9.17, 15) is 9.59 Å². The molecule has 0 aromatic heterocycles. The molecule has 3 fully saturated rings. The summed E-state index contributed by atoms with van der Waals surface area (Å²) >= 11 is 0. The fourth-order valence-corrected chi connectivity index (χ4v) is 3.75. The van der Waals surface area contributed by atoms with Crippen molar-refractivity contribution < 1.29 is 9.59 Å². The third kappa shape index (κ3) is 2.98. The highest BCUT2D eigenvalue weighted by atomic mass is 16.2. The van der Waals surface area contributed by atoms with Crippen LogP contribution in [0, 0.1) is 5.92 Å². The first-order valence-corrected chi connectivity index (χ1v) is 8.66. The lowest BCUT2D eigenvalue weighted by atomic mass is 10.1. The van der Waals surface area contributed by atoms with Gasteiger partial charge in [0.2, 0.25) is 5.91 Å². The lowest BCUT2D eigenvalue weighted by Gasteiger charge is -2.28. The number of hydrogen-bond donors (Lipinski definition) is 2. The molecule has 2 unspecified atom stereocenters. The van der Waals surface area contributed by atoms with Gasteiger partial charge in [-0.3, -0.25) is 9.59 Å². The van der Waals surface area contributed by atoms with Gasteiger partial charge >= 0.3 is 0 Å². The first kappa shape index (κ1) is 14.7. The van der Waals surface area contributed by atoms with Gasteiger partial charge in [0.1, 0.15) is 0 Å². The lowest BCUT2D eigenvalue weighted by molar-refractivity contribution is -0.117. The van der Waals surface area contributed by atoms with E-state index in [0.717, 1.165) is 50.9 Å². The van der Waals surface area contributed by atoms with E-state index < -0.39 is 0 Å². The van der Waals surface area contributed by atoms with Crippen molar-refractivity contribution in [2.75, 3.05) is 18.4 Å². The fraction of sp³-hybridized carbons (Fsp3) is 0.556. The van der Waals surface area contributed by atoms with Gasteiger partial charge in [0.25, 0.3) is 5.91 Å². The van der Waals surface area contributed by atoms with Crippen LogP contribution in [0.25, 0.3) is 0 Å². The van der Waals surface area contributed by atoms with Gasteiger partial charge < -0.3 is 15.5 Å². The number of carbonyl (C=O) groups is 2. The topological polar surface area (TPSA) is 61.4 Å². The molecule has 2 heterocycles. The van der Waals surface area contributed by atoms with Crippen LogP contribution in [0.15, 0.2) is 24.3 Å². The minimum absolute atomic E-state index is 0.0979. The van der Waals surface area contributed by atoms with Gasteiger partial charge in [-0.2, -0.15) is 0 Å². The van der Waals surface area contributed by atoms with Gasteiger partial charge in [0, 0.05) is 35.8 Å². The van der Waals surface area contributed by atoms with Crippen LogP contribution in [0.3, 0.4) is 0 Å². The lowest BCUT2D eigenvalue weighted by Crippen LogP contribution is -2.42. The third-order valence-electron chi connectivity index (χ3n) is 5.24. The molecule has 2 bridgehead atoms. The van der Waals surface area contributed by atoms with Crippen LogP contribution < -0.4 is 10.6 Å². The Labute approximate surface area is 136 Å². The fourth-order valence-electron chi connectivity index (χ4n) is 3.75. The van der Waals surface area contributed by atoms with Crippen LogP contribution in [0.2, 0.25) is 0 Å². The van der Waals surface area contributed by atoms with E-state index in [1.54, 1.807) is 0 Å². The maximum atomic E-state index is 12.9. The number of nitrogens with one attached hydrogen (secondary N) is 2. The van der Waals surface area contributed by atoms with Crippen molar-refractivity contribution in [3.63, 3.8) is 0 Å². The molecule has 5 nitrogen and oxygen atoms in total. The smallest absolute Gasteiger partial charge is 0.254 e. The first-order valence-electron chi connectivity index (χ1n) is 8.66. The summed E-state index contributed by atoms with van der Waals surface area (Å²) in [6.45, 7) is 1.90. The molecule has 1 aromatic rings. The van der Waals surface area contributed by atoms with Crippen LogP contribution in [0.1, 0.15) is 42.5 Å². The van der Waals surface area contributed by atoms with E-state index in [0.29, 0.717) is 17.6 Å². The highest BCUT2D eigenvalue weighted by Crippen LogP contribution is 2.31. The van der Waals surface area contributed by atoms with E-state index in [1.807, 2.05) is 24.3 Å². The summed E-state index contributed by atoms with van der Waals surface area (Å²) in [6.07, 6.45) is 5.24. The minimum atomic E-state index is 0.0979. The molecular weight excluding hydrogens is 290 g/mol. The summed E-state index contributed by atoms with van der Waals surface area (Å²) < 4.78 is 0. The molecule has 122 valence electrons. The Bertz CT molecular complexity index is 595. The molecule has 4 rings (SSSR count). The van der Waals surface area contributed by atoms with Crippen molar-refractivity contribution in [1.29, 1.82) is 0 Å². The van der Waals surface area contributed by atoms with Gasteiger partial charge in [-0.25, -0.2) is 0 Å². The summed E-state index contributed by atoms with van der Waals surface area (Å²) in [6, 6.07) is 8.04. The minimum Gasteiger partial charge on any atom is -0.331 e. The Morgan fingerprint density at radius 3 is 2.48 bits per heavy atom. The Morgan fingerprint density at radius 2 is 1.74 bits per heavy atom. The monoisotopic (exact) mass is 313 g/mol. The maximum Gasteiger partial charge on any atom is 0.254 e. The van der Waals surface area contributed by atoms with E-state index in [-0.39, 0.29) is 17.7 Å². The number of carbonyl (C=O) groups excluding carboxylic acids is 2. The normalized spacial score (nSPS) is 26.7. The Hall–Kier alpha value is -1.88. The summed E-state index contributed by atoms with van der Waals surface area (Å²) in [5, 5.41) is 6.34. The third-order valence-corrected chi connectivity index (χ3v) is 5.24. The molecule has 1 aliphatic carbocycles. The summed E-state index contributed by atoms with van der Waals surface area (Å²) in [4.78, 5) is 26.7. The van der Waals surface area contributed by atoms with Crippen LogP contribution in [-0.4, -0.2) is 41.9 Å². The zero-order valence-corrected chi connectivity index (χ0v) is 13.3. The standard InChI is InChI=1S/C18H23N3O2/c22-17(12-1-2-12)20-14-5-3-13(4-6-14)18(23)21-15-7-8-16(21)11-19-10-9-15/h3-6,12,15-16,19H,1-2,7-11H2,(H,20,22). The number of fused-ring (bicyclic) bond motifs is 2. The zero-order chi connectivity index (χ0) is 15.8. The summed E-state index contributed by atoms with van der Waals surface area (Å²) in [7, 11) is 0. The molecule has 2 aliphatic heterocycles. The molecule has 2 atom stereocenters. The molecule has 5 heteroatoms. The van der Waals surface area contributed by atoms with Crippen molar-refractivity contribution in [2.24, 2.45) is 5.92 Å². The molecule has 23 heavy (non-hydrogen) atoms. The number of rotatable bonds is 3. The van der Waals surface area contributed by atoms with Gasteiger partial charge in [-0.15, -0.1) is 0 Å². The average molecular weight is 313 g/mol. The highest BCUT2D eigenvalue weighted by molar-refractivity contribution is 5.97. The van der Waals surface area contributed by atoms with Crippen LogP contribution >= 0.6 is 0 Å². The molecule has 0 spiro atoms. The highest BCUT2D eigenvalue weighted by Gasteiger charge is 2.38. The van der Waals surface area contributed by atoms with E-state index in [2.05, 4.69) is 15.5 Å². The SMILES string of the molecule is O=C(Nc1ccc(C(=O)N2C3CCNCC2CC3)cc1)C1CC1. The zero-order valence-electron chi connectivity index (χ0n) is 13.3. The molecule has 1 aromatic carbocycles. The number of anilines is 1. The van der Waals surface area contributed by atoms with Crippen molar-refractivity contribution in [2.45, 2.75) is 44.2 Å². The largest absolute Gasteiger partial charge is 0.331 e. The average Bonchev–Trinajstić information content (AvgIpc) is 3.33. The van der Waals surface area contributed by atoms with E-state index in [1.165, 1.54) is 0 Å². The maximum absolute atomic E-state index is 12.9. The molecule has 3 aliphatic rings. The Kier molecular flexibility index (Phi) is 3.81. The van der Waals surface area contributed by atoms with Crippen molar-refractivity contribution in [1.82, 2.24) is 10.2 Å². The molecular formula is C18H23N3O2. The van der Waals surface area contributed by atoms with Crippen molar-refractivity contribution in [3.8, 4) is 0 Å². The van der Waals surface area contributed by atoms with Crippen LogP contribution in [-0.2, 0) is 4.79 Å². The number of nitrogens with zero attached hydrogens (tertiary/aromatic N) is 1. The first-order chi connectivity index (χ1) is 11.2. The predicted octanol–water partition coefficient (Wildman–Crippen LogP) is 2.00. The molecule has 2 N–H and O–H groups in total. The second-order valence-electron chi connectivity index (χ2n) is 6.93. The van der Waals surface area contributed by atoms with Crippen LogP contribution in [0.4, 0.5) is 5.69 Å². The quantitative estimate of drug-likeness (QED) is 0.897. The van der Waals surface area contributed by atoms with Gasteiger partial charge in [0.15, 0.2) is 0 Å². The van der Waals surface area contributed by atoms with Gasteiger partial charge in [-0.05, 0) is 62.9 Å². The summed E-state index contributed by atoms with van der Waals surface area (Å²) in [5.41, 5.74) is 1.49. The second-order valence-corrected chi connectivity index (χ2v) is 6.93. The molecule has 1 saturated carbocycles. The number of hydrogen-bond acceptors (Lipinski definition) is 3. The predicted molar refractivity (Wildman–Crippen MR) is 88.3 cm³/mol. The molecule has 0 radical (unpaired) electrons. The summed E-state index contributed by atoms with van der Waals surface area (Å²) in [5.74, 6) is 0.415. The second kappa shape index (κ2) is 5.96. The van der Waals surface area contributed by atoms with E-state index >= 15 is 0 Å². The number of amides is 2. The van der Waals surface area contributed by atoms with Crippen molar-refractivity contribution in [3.05, 3.63) is 29.8 Å². The Morgan fingerprint density at radius 1 is 1.00 bits per heavy atom. The van der Waals surface area contributed by atoms with E-state index in [4.69, 9.17) is 0 Å². The molecule has 2 amide bonds. The van der Waals surface area contributed by atoms with Gasteiger partial charge in [0.05, 0.1) is 0 Å². The Balaban J connectivity index is 1.46. The van der Waals surface area contributed by atoms with Gasteiger partial charge in [-0.1, -0.05) is 0 Å². The van der Waals surface area contributed by atoms with Crippen LogP contribution in [0.5, 0.6) is 0 Å². The molecule has 2 saturated heterocycles. The van der Waals surface area contributed by atoms with Crippen molar-refractivity contribution >= 4 is 17.5 Å². The number of benzene rings is 1.